The van der Waals surface area contributed by atoms with Crippen molar-refractivity contribution in [3.8, 4) is 0 Å². The highest BCUT2D eigenvalue weighted by Crippen LogP contribution is 2.25. The predicted molar refractivity (Wildman–Crippen MR) is 37.1 cm³/mol. The first-order valence-electron chi connectivity index (χ1n) is 3.84. The maximum Gasteiger partial charge on any atom is 0.00920 e. The van der Waals surface area contributed by atoms with Gasteiger partial charge in [0.15, 0.2) is 0 Å². The van der Waals surface area contributed by atoms with Crippen molar-refractivity contribution in [1.29, 1.82) is 0 Å². The number of nitrogens with two attached hydrogens (primary N) is 1. The van der Waals surface area contributed by atoms with Crippen LogP contribution in [0.4, 0.5) is 0 Å². The maximum absolute atomic E-state index is 5.89. The van der Waals surface area contributed by atoms with E-state index >= 15 is 0 Å². The second-order valence-corrected chi connectivity index (χ2v) is 3.30. The van der Waals surface area contributed by atoms with E-state index in [4.69, 9.17) is 5.73 Å². The molecule has 2 bridgehead atoms. The zero-order chi connectivity index (χ0) is 6.27. The molecule has 2 heteroatoms. The molecule has 2 aliphatic rings. The van der Waals surface area contributed by atoms with Crippen molar-refractivity contribution >= 4 is 0 Å². The third-order valence-electron chi connectivity index (χ3n) is 2.69. The quantitative estimate of drug-likeness (QED) is 0.496. The van der Waals surface area contributed by atoms with E-state index in [0.29, 0.717) is 6.04 Å². The summed E-state index contributed by atoms with van der Waals surface area (Å²) in [4.78, 5) is 2.52. The fourth-order valence-corrected chi connectivity index (χ4v) is 1.98. The Labute approximate surface area is 56.0 Å². The molecule has 0 radical (unpaired) electrons. The standard InChI is InChI=1S/C7H14N2/c8-7-2-4-9-3-1-6(7)5-9/h6-7H,1-5,8H2/t6-,7+/m1/s1. The summed E-state index contributed by atoms with van der Waals surface area (Å²) in [6.07, 6.45) is 2.58. The van der Waals surface area contributed by atoms with Gasteiger partial charge in [-0.15, -0.1) is 0 Å². The lowest BCUT2D eigenvalue weighted by Gasteiger charge is -2.27. The Hall–Kier alpha value is -0.0800. The lowest BCUT2D eigenvalue weighted by atomic mass is 9.95. The average molecular weight is 126 g/mol. The molecule has 2 saturated heterocycles. The Balaban J connectivity index is 2.05. The van der Waals surface area contributed by atoms with E-state index < -0.39 is 0 Å². The van der Waals surface area contributed by atoms with E-state index in [0.717, 1.165) is 5.92 Å². The highest BCUT2D eigenvalue weighted by Gasteiger charge is 2.31. The van der Waals surface area contributed by atoms with Crippen LogP contribution in [-0.4, -0.2) is 30.6 Å². The van der Waals surface area contributed by atoms with Crippen molar-refractivity contribution in [2.45, 2.75) is 18.9 Å². The zero-order valence-corrected chi connectivity index (χ0v) is 5.71. The fraction of sp³-hybridized carbons (Fsp3) is 1.00. The number of fused-ring (bicyclic) bond motifs is 2. The third-order valence-corrected chi connectivity index (χ3v) is 2.69. The van der Waals surface area contributed by atoms with Gasteiger partial charge in [-0.05, 0) is 31.8 Å². The van der Waals surface area contributed by atoms with Gasteiger partial charge in [-0.3, -0.25) is 0 Å². The third kappa shape index (κ3) is 0.864. The Bertz CT molecular complexity index is 113. The zero-order valence-electron chi connectivity index (χ0n) is 5.71. The monoisotopic (exact) mass is 126 g/mol. The minimum Gasteiger partial charge on any atom is -0.327 e. The Kier molecular flexibility index (Phi) is 1.24. The van der Waals surface area contributed by atoms with E-state index in [1.54, 1.807) is 0 Å². The molecule has 0 amide bonds. The normalized spacial score (nSPS) is 49.7. The summed E-state index contributed by atoms with van der Waals surface area (Å²) in [5.41, 5.74) is 5.89. The van der Waals surface area contributed by atoms with Crippen LogP contribution in [0.15, 0.2) is 0 Å². The summed E-state index contributed by atoms with van der Waals surface area (Å²) in [7, 11) is 0. The predicted octanol–water partition coefficient (Wildman–Crippen LogP) is 0.0393. The molecule has 2 N–H and O–H groups in total. The van der Waals surface area contributed by atoms with Crippen LogP contribution in [0.5, 0.6) is 0 Å². The lowest BCUT2D eigenvalue weighted by molar-refractivity contribution is 0.246. The number of nitrogens with zero attached hydrogens (tertiary/aromatic N) is 1. The van der Waals surface area contributed by atoms with Gasteiger partial charge in [0.05, 0.1) is 0 Å². The SMILES string of the molecule is N[C@H]1CCN2CC[C@@H]1C2. The van der Waals surface area contributed by atoms with Gasteiger partial charge in [-0.2, -0.15) is 0 Å². The van der Waals surface area contributed by atoms with Crippen molar-refractivity contribution in [3.63, 3.8) is 0 Å². The minimum atomic E-state index is 0.517. The van der Waals surface area contributed by atoms with Crippen molar-refractivity contribution in [3.05, 3.63) is 0 Å². The molecule has 2 heterocycles. The van der Waals surface area contributed by atoms with Crippen LogP contribution in [0.3, 0.4) is 0 Å². The smallest absolute Gasteiger partial charge is 0.00920 e. The van der Waals surface area contributed by atoms with Crippen LogP contribution in [0, 0.1) is 5.92 Å². The van der Waals surface area contributed by atoms with Crippen LogP contribution < -0.4 is 5.73 Å². The van der Waals surface area contributed by atoms with Gasteiger partial charge in [-0.1, -0.05) is 0 Å². The van der Waals surface area contributed by atoms with E-state index in [-0.39, 0.29) is 0 Å². The first-order valence-corrected chi connectivity index (χ1v) is 3.84. The largest absolute Gasteiger partial charge is 0.327 e. The molecule has 0 aromatic rings. The number of rotatable bonds is 0. The molecule has 0 aromatic carbocycles. The first-order chi connectivity index (χ1) is 4.36. The van der Waals surface area contributed by atoms with Gasteiger partial charge in [0.2, 0.25) is 0 Å². The van der Waals surface area contributed by atoms with Crippen LogP contribution in [0.1, 0.15) is 12.8 Å². The van der Waals surface area contributed by atoms with Gasteiger partial charge in [0.1, 0.15) is 0 Å². The molecular weight excluding hydrogens is 112 g/mol. The van der Waals surface area contributed by atoms with Gasteiger partial charge >= 0.3 is 0 Å². The van der Waals surface area contributed by atoms with Gasteiger partial charge in [0.25, 0.3) is 0 Å². The summed E-state index contributed by atoms with van der Waals surface area (Å²) in [6.45, 7) is 3.83. The summed E-state index contributed by atoms with van der Waals surface area (Å²) < 4.78 is 0. The van der Waals surface area contributed by atoms with Crippen molar-refractivity contribution in [1.82, 2.24) is 4.90 Å². The number of hydrogen-bond donors (Lipinski definition) is 1. The average Bonchev–Trinajstić information content (AvgIpc) is 2.25. The fourth-order valence-electron chi connectivity index (χ4n) is 1.98. The summed E-state index contributed by atoms with van der Waals surface area (Å²) in [5.74, 6) is 0.832. The first kappa shape index (κ1) is 5.69. The Morgan fingerprint density at radius 3 is 2.78 bits per heavy atom. The molecule has 2 aliphatic heterocycles. The summed E-state index contributed by atoms with van der Waals surface area (Å²) in [6, 6.07) is 0.517. The molecule has 2 nitrogen and oxygen atoms in total. The van der Waals surface area contributed by atoms with Crippen molar-refractivity contribution < 1.29 is 0 Å². The molecule has 3 atom stereocenters. The van der Waals surface area contributed by atoms with Crippen molar-refractivity contribution in [2.24, 2.45) is 11.7 Å². The molecule has 0 aliphatic carbocycles. The van der Waals surface area contributed by atoms with Crippen molar-refractivity contribution in [2.75, 3.05) is 19.6 Å². The molecular formula is C7H14N2. The van der Waals surface area contributed by atoms with E-state index in [1.165, 1.54) is 32.5 Å². The maximum atomic E-state index is 5.89. The second-order valence-electron chi connectivity index (χ2n) is 3.30. The highest BCUT2D eigenvalue weighted by molar-refractivity contribution is 4.88. The molecule has 1 unspecified atom stereocenters. The molecule has 52 valence electrons. The molecule has 2 rings (SSSR count). The van der Waals surface area contributed by atoms with E-state index in [9.17, 15) is 0 Å². The summed E-state index contributed by atoms with van der Waals surface area (Å²) >= 11 is 0. The van der Waals surface area contributed by atoms with Gasteiger partial charge in [-0.25, -0.2) is 0 Å². The lowest BCUT2D eigenvalue weighted by Crippen LogP contribution is -2.40. The van der Waals surface area contributed by atoms with Gasteiger partial charge in [0, 0.05) is 12.6 Å². The van der Waals surface area contributed by atoms with Gasteiger partial charge < -0.3 is 10.6 Å². The topological polar surface area (TPSA) is 29.3 Å². The molecule has 0 spiro atoms. The summed E-state index contributed by atoms with van der Waals surface area (Å²) in [5, 5.41) is 0. The molecule has 9 heavy (non-hydrogen) atoms. The van der Waals surface area contributed by atoms with E-state index in [1.807, 2.05) is 0 Å². The van der Waals surface area contributed by atoms with Crippen LogP contribution in [0.25, 0.3) is 0 Å². The van der Waals surface area contributed by atoms with Crippen LogP contribution in [0.2, 0.25) is 0 Å². The molecule has 0 aromatic heterocycles. The number of piperidine rings is 1. The van der Waals surface area contributed by atoms with Crippen LogP contribution >= 0.6 is 0 Å². The Morgan fingerprint density at radius 2 is 2.00 bits per heavy atom. The number of hydrogen-bond acceptors (Lipinski definition) is 2. The Morgan fingerprint density at radius 1 is 1.22 bits per heavy atom. The second kappa shape index (κ2) is 1.96. The minimum absolute atomic E-state index is 0.517. The van der Waals surface area contributed by atoms with Crippen LogP contribution in [-0.2, 0) is 0 Å². The molecule has 0 saturated carbocycles. The molecule has 2 fully saturated rings. The highest BCUT2D eigenvalue weighted by atomic mass is 15.2. The van der Waals surface area contributed by atoms with E-state index in [2.05, 4.69) is 4.90 Å².